The fourth-order valence-electron chi connectivity index (χ4n) is 7.41. The summed E-state index contributed by atoms with van der Waals surface area (Å²) in [7, 11) is 0. The van der Waals surface area contributed by atoms with Crippen molar-refractivity contribution in [3.63, 3.8) is 0 Å². The molecule has 17 nitrogen and oxygen atoms in total. The Morgan fingerprint density at radius 3 is 1.81 bits per heavy atom. The van der Waals surface area contributed by atoms with Gasteiger partial charge in [-0.25, -0.2) is 4.79 Å². The molecule has 0 radical (unpaired) electrons. The molecule has 0 unspecified atom stereocenters. The summed E-state index contributed by atoms with van der Waals surface area (Å²) in [4.78, 5) is 15.3. The molecule has 0 fully saturated rings. The second-order valence-electron chi connectivity index (χ2n) is 18.1. The summed E-state index contributed by atoms with van der Waals surface area (Å²) in [6, 6.07) is 31.4. The molecule has 2 N–H and O–H groups in total. The van der Waals surface area contributed by atoms with E-state index in [1.807, 2.05) is 98.4 Å². The van der Waals surface area contributed by atoms with Crippen LogP contribution in [0.5, 0.6) is 28.7 Å². The molecular formula is C55H76N5O12+. The van der Waals surface area contributed by atoms with Gasteiger partial charge in [0.2, 0.25) is 0 Å². The van der Waals surface area contributed by atoms with Gasteiger partial charge in [0, 0.05) is 25.2 Å². The molecule has 1 aromatic heterocycles. The summed E-state index contributed by atoms with van der Waals surface area (Å²) in [5.41, 5.74) is 3.20. The monoisotopic (exact) mass is 999 g/mol. The van der Waals surface area contributed by atoms with Crippen molar-refractivity contribution in [2.45, 2.75) is 84.8 Å². The number of aromatic nitrogens is 3. The normalized spacial score (nSPS) is 14.7. The highest BCUT2D eigenvalue weighted by Crippen LogP contribution is 2.30. The number of quaternary nitrogens is 1. The summed E-state index contributed by atoms with van der Waals surface area (Å²) in [5, 5.41) is 10.9. The number of carbonyl (C=O) groups is 1. The van der Waals surface area contributed by atoms with E-state index < -0.39 is 11.7 Å². The van der Waals surface area contributed by atoms with Crippen LogP contribution in [0.15, 0.2) is 103 Å². The minimum absolute atomic E-state index is 0.251. The van der Waals surface area contributed by atoms with Gasteiger partial charge in [0.25, 0.3) is 0 Å². The Hall–Kier alpha value is -5.95. The third kappa shape index (κ3) is 22.2. The summed E-state index contributed by atoms with van der Waals surface area (Å²) in [6.45, 7) is 14.6. The van der Waals surface area contributed by atoms with E-state index in [0.29, 0.717) is 128 Å². The fraction of sp³-hybridized carbons (Fsp3) is 0.509. The lowest BCUT2D eigenvalue weighted by atomic mass is 10.1. The molecule has 17 heteroatoms. The van der Waals surface area contributed by atoms with Gasteiger partial charge in [-0.2, -0.15) is 0 Å². The first-order valence-electron chi connectivity index (χ1n) is 25.3. The number of unbranched alkanes of at least 4 members (excludes halogenated alkanes) is 3. The van der Waals surface area contributed by atoms with Crippen LogP contribution >= 0.6 is 0 Å². The number of nitrogens with zero attached hydrogens (tertiary/aromatic N) is 4. The summed E-state index contributed by atoms with van der Waals surface area (Å²) in [5.74, 6) is 3.06. The Morgan fingerprint density at radius 2 is 1.17 bits per heavy atom. The quantitative estimate of drug-likeness (QED) is 0.0811. The van der Waals surface area contributed by atoms with E-state index in [2.05, 4.69) is 46.0 Å². The van der Waals surface area contributed by atoms with E-state index in [0.717, 1.165) is 42.9 Å². The highest BCUT2D eigenvalue weighted by atomic mass is 16.6. The number of para-hydroxylation sites is 2. The van der Waals surface area contributed by atoms with Gasteiger partial charge in [-0.3, -0.25) is 9.58 Å². The molecule has 5 aromatic rings. The fourth-order valence-corrected chi connectivity index (χ4v) is 7.41. The second-order valence-corrected chi connectivity index (χ2v) is 18.1. The Bertz CT molecular complexity index is 2240. The lowest BCUT2D eigenvalue weighted by molar-refractivity contribution is -0.671. The molecule has 1 amide bonds. The Morgan fingerprint density at radius 1 is 0.611 bits per heavy atom. The van der Waals surface area contributed by atoms with E-state index in [9.17, 15) is 4.79 Å². The van der Waals surface area contributed by atoms with E-state index in [-0.39, 0.29) is 13.2 Å². The number of hydrogen-bond acceptors (Lipinski definition) is 14. The maximum Gasteiger partial charge on any atom is 0.410 e. The molecule has 0 aliphatic carbocycles. The van der Waals surface area contributed by atoms with Crippen LogP contribution in [0.3, 0.4) is 0 Å². The molecule has 4 aromatic carbocycles. The van der Waals surface area contributed by atoms with Crippen molar-refractivity contribution in [1.29, 1.82) is 0 Å². The van der Waals surface area contributed by atoms with E-state index in [1.165, 1.54) is 24.8 Å². The summed E-state index contributed by atoms with van der Waals surface area (Å²) in [6.07, 6.45) is 6.18. The minimum atomic E-state index is -0.693. The number of carbonyl (C=O) groups excluding carboxylic acids is 1. The van der Waals surface area contributed by atoms with Crippen LogP contribution in [0.4, 0.5) is 4.79 Å². The van der Waals surface area contributed by atoms with Crippen LogP contribution in [0, 0.1) is 0 Å². The highest BCUT2D eigenvalue weighted by molar-refractivity contribution is 5.68. The van der Waals surface area contributed by atoms with Gasteiger partial charge in [0.1, 0.15) is 56.6 Å². The zero-order valence-electron chi connectivity index (χ0n) is 42.6. The van der Waals surface area contributed by atoms with Crippen molar-refractivity contribution in [2.24, 2.45) is 0 Å². The minimum Gasteiger partial charge on any atom is -0.491 e. The van der Waals surface area contributed by atoms with Crippen LogP contribution in [0.25, 0.3) is 0 Å². The number of aryl methyl sites for hydroxylation is 1. The average molecular weight is 999 g/mol. The molecule has 1 aliphatic rings. The zero-order valence-corrected chi connectivity index (χ0v) is 42.6. The van der Waals surface area contributed by atoms with Crippen molar-refractivity contribution >= 4 is 6.09 Å². The lowest BCUT2D eigenvalue weighted by Gasteiger charge is -2.28. The molecule has 2 heterocycles. The number of benzene rings is 4. The zero-order chi connectivity index (χ0) is 50.3. The molecule has 72 heavy (non-hydrogen) atoms. The Balaban J connectivity index is 0.929. The molecule has 1 aliphatic heterocycles. The first kappa shape index (κ1) is 55.4. The van der Waals surface area contributed by atoms with E-state index in [1.54, 1.807) is 4.90 Å². The van der Waals surface area contributed by atoms with Crippen LogP contribution in [0.2, 0.25) is 0 Å². The molecular weight excluding hydrogens is 923 g/mol. The van der Waals surface area contributed by atoms with Gasteiger partial charge in [0.05, 0.1) is 78.8 Å². The SMILES string of the molecule is CC(C)(C)OC(=O)N(Cc1ccc(OCCOCc2cn(CCCCCC[NH2+]Cc3ccccc3)nn2)cc1)Cc1ccc2c(c1)OCCOCCOCCOc1ccccc1OCCOCCOCCO2. The summed E-state index contributed by atoms with van der Waals surface area (Å²) < 4.78 is 66.6. The van der Waals surface area contributed by atoms with Crippen molar-refractivity contribution in [1.82, 2.24) is 19.9 Å². The maximum absolute atomic E-state index is 13.7. The van der Waals surface area contributed by atoms with Crippen molar-refractivity contribution in [2.75, 3.05) is 99.0 Å². The predicted molar refractivity (Wildman–Crippen MR) is 271 cm³/mol. The number of ether oxygens (including phenoxy) is 11. The van der Waals surface area contributed by atoms with Crippen molar-refractivity contribution < 1.29 is 62.2 Å². The number of nitrogens with two attached hydrogens (primary N) is 1. The topological polar surface area (TPSA) is 169 Å². The van der Waals surface area contributed by atoms with E-state index in [4.69, 9.17) is 52.1 Å². The number of hydrogen-bond donors (Lipinski definition) is 1. The third-order valence-corrected chi connectivity index (χ3v) is 11.0. The number of rotatable bonds is 19. The van der Waals surface area contributed by atoms with Gasteiger partial charge in [0.15, 0.2) is 23.0 Å². The van der Waals surface area contributed by atoms with Crippen molar-refractivity contribution in [3.8, 4) is 28.7 Å². The Labute approximate surface area is 425 Å². The van der Waals surface area contributed by atoms with E-state index >= 15 is 0 Å². The third-order valence-electron chi connectivity index (χ3n) is 11.0. The molecule has 6 rings (SSSR count). The Kier molecular flexibility index (Phi) is 24.8. The van der Waals surface area contributed by atoms with Crippen LogP contribution in [-0.4, -0.2) is 131 Å². The molecule has 392 valence electrons. The van der Waals surface area contributed by atoms with Crippen LogP contribution < -0.4 is 29.0 Å². The molecule has 0 spiro atoms. The summed E-state index contributed by atoms with van der Waals surface area (Å²) >= 11 is 0. The number of fused-ring (bicyclic) bond motifs is 2. The molecule has 0 saturated heterocycles. The first-order chi connectivity index (χ1) is 35.3. The van der Waals surface area contributed by atoms with Gasteiger partial charge in [-0.05, 0) is 87.6 Å². The first-order valence-corrected chi connectivity index (χ1v) is 25.3. The van der Waals surface area contributed by atoms with Gasteiger partial charge in [-0.15, -0.1) is 5.10 Å². The lowest BCUT2D eigenvalue weighted by Crippen LogP contribution is -2.82. The van der Waals surface area contributed by atoms with Crippen molar-refractivity contribution in [3.05, 3.63) is 126 Å². The standard InChI is InChI=1S/C55H75N5O12/c1-55(2,3)72-54(61)59(41-46-17-20-49(21-18-46)67-34-33-66-44-48-43-60(58-57-48)24-12-5-4-11-23-56-40-45-13-7-6-8-14-45)42-47-19-22-52-53(39-47)71-38-32-65-28-27-63-30-36-69-51-16-10-9-15-50(51)68-35-29-62-25-26-64-31-37-70-52/h6-10,13-22,39,43,56H,4-5,11-12,23-38,40-42,44H2,1-3H3/p+1. The number of amides is 1. The van der Waals surface area contributed by atoms with Crippen LogP contribution in [-0.2, 0) is 61.2 Å². The van der Waals surface area contributed by atoms with Crippen LogP contribution in [0.1, 0.15) is 68.8 Å². The molecule has 0 atom stereocenters. The highest BCUT2D eigenvalue weighted by Gasteiger charge is 2.23. The molecule has 0 saturated carbocycles. The van der Waals surface area contributed by atoms with Gasteiger partial charge in [-0.1, -0.05) is 72.3 Å². The predicted octanol–water partition coefficient (Wildman–Crippen LogP) is 7.43. The van der Waals surface area contributed by atoms with Gasteiger partial charge >= 0.3 is 6.09 Å². The smallest absolute Gasteiger partial charge is 0.410 e. The maximum atomic E-state index is 13.7. The molecule has 0 bridgehead atoms. The van der Waals surface area contributed by atoms with Gasteiger partial charge < -0.3 is 57.4 Å². The second kappa shape index (κ2) is 32.2. The largest absolute Gasteiger partial charge is 0.491 e. The average Bonchev–Trinajstić information content (AvgIpc) is 3.83.